The Bertz CT molecular complexity index is 774. The summed E-state index contributed by atoms with van der Waals surface area (Å²) in [7, 11) is 0. The first kappa shape index (κ1) is 17.5. The standard InChI is InChI=1S/C18H22N4O2S/c1-13-5-4-6-14(11-13)21-10-8-20-18(21)25-12-16(23)22-9-3-2-7-15(22)17(19)24/h4-6,8,10-11,15H,2-3,7,9,12H2,1H3,(H2,19,24). The van der Waals surface area contributed by atoms with Gasteiger partial charge in [-0.1, -0.05) is 23.9 Å². The van der Waals surface area contributed by atoms with Crippen molar-refractivity contribution in [3.05, 3.63) is 42.2 Å². The third-order valence-corrected chi connectivity index (χ3v) is 5.31. The van der Waals surface area contributed by atoms with Gasteiger partial charge < -0.3 is 10.6 Å². The van der Waals surface area contributed by atoms with Crippen LogP contribution in [0.5, 0.6) is 0 Å². The Morgan fingerprint density at radius 1 is 1.36 bits per heavy atom. The van der Waals surface area contributed by atoms with Gasteiger partial charge in [0.15, 0.2) is 5.16 Å². The van der Waals surface area contributed by atoms with Crippen molar-refractivity contribution >= 4 is 23.6 Å². The lowest BCUT2D eigenvalue weighted by molar-refractivity contribution is -0.138. The first-order valence-corrected chi connectivity index (χ1v) is 9.37. The second kappa shape index (κ2) is 7.74. The van der Waals surface area contributed by atoms with Crippen molar-refractivity contribution in [2.24, 2.45) is 5.73 Å². The summed E-state index contributed by atoms with van der Waals surface area (Å²) in [5.74, 6) is -0.237. The molecule has 0 spiro atoms. The maximum atomic E-state index is 12.6. The lowest BCUT2D eigenvalue weighted by Gasteiger charge is -2.33. The van der Waals surface area contributed by atoms with Crippen molar-refractivity contribution in [2.75, 3.05) is 12.3 Å². The zero-order valence-electron chi connectivity index (χ0n) is 14.2. The molecule has 1 aliphatic heterocycles. The highest BCUT2D eigenvalue weighted by Crippen LogP contribution is 2.23. The topological polar surface area (TPSA) is 81.2 Å². The van der Waals surface area contributed by atoms with Gasteiger partial charge in [0.05, 0.1) is 5.75 Å². The summed E-state index contributed by atoms with van der Waals surface area (Å²) in [5.41, 5.74) is 7.62. The molecule has 1 aliphatic rings. The van der Waals surface area contributed by atoms with E-state index in [1.165, 1.54) is 11.8 Å². The lowest BCUT2D eigenvalue weighted by atomic mass is 10.0. The molecule has 25 heavy (non-hydrogen) atoms. The average molecular weight is 358 g/mol. The smallest absolute Gasteiger partial charge is 0.240 e. The highest BCUT2D eigenvalue weighted by Gasteiger charge is 2.30. The van der Waals surface area contributed by atoms with Gasteiger partial charge >= 0.3 is 0 Å². The molecule has 7 heteroatoms. The molecule has 0 bridgehead atoms. The van der Waals surface area contributed by atoms with Gasteiger partial charge in [-0.05, 0) is 43.9 Å². The summed E-state index contributed by atoms with van der Waals surface area (Å²) >= 11 is 1.38. The Balaban J connectivity index is 1.69. The van der Waals surface area contributed by atoms with Crippen LogP contribution in [0.4, 0.5) is 0 Å². The number of nitrogens with zero attached hydrogens (tertiary/aromatic N) is 3. The summed E-state index contributed by atoms with van der Waals surface area (Å²) < 4.78 is 1.96. The largest absolute Gasteiger partial charge is 0.368 e. The van der Waals surface area contributed by atoms with Gasteiger partial charge in [0, 0.05) is 24.6 Å². The number of hydrogen-bond donors (Lipinski definition) is 1. The normalized spacial score (nSPS) is 17.5. The van der Waals surface area contributed by atoms with Gasteiger partial charge in [0.1, 0.15) is 6.04 Å². The van der Waals surface area contributed by atoms with Crippen molar-refractivity contribution in [1.82, 2.24) is 14.5 Å². The van der Waals surface area contributed by atoms with Crippen molar-refractivity contribution in [3.8, 4) is 5.69 Å². The molecule has 2 aromatic rings. The Morgan fingerprint density at radius 2 is 2.20 bits per heavy atom. The first-order chi connectivity index (χ1) is 12.1. The molecule has 2 N–H and O–H groups in total. The van der Waals surface area contributed by atoms with E-state index < -0.39 is 11.9 Å². The number of amides is 2. The zero-order chi connectivity index (χ0) is 17.8. The molecule has 1 atom stereocenters. The monoisotopic (exact) mass is 358 g/mol. The van der Waals surface area contributed by atoms with E-state index in [1.807, 2.05) is 35.9 Å². The van der Waals surface area contributed by atoms with Crippen LogP contribution in [0.1, 0.15) is 24.8 Å². The third-order valence-electron chi connectivity index (χ3n) is 4.36. The fraction of sp³-hybridized carbons (Fsp3) is 0.389. The minimum atomic E-state index is -0.474. The van der Waals surface area contributed by atoms with Crippen molar-refractivity contribution in [2.45, 2.75) is 37.4 Å². The number of piperidine rings is 1. The molecule has 1 aromatic carbocycles. The van der Waals surface area contributed by atoms with Crippen molar-refractivity contribution in [3.63, 3.8) is 0 Å². The Kier molecular flexibility index (Phi) is 5.43. The van der Waals surface area contributed by atoms with Gasteiger partial charge in [-0.2, -0.15) is 0 Å². The molecular weight excluding hydrogens is 336 g/mol. The van der Waals surface area contributed by atoms with E-state index in [4.69, 9.17) is 5.73 Å². The molecule has 132 valence electrons. The van der Waals surface area contributed by atoms with E-state index >= 15 is 0 Å². The van der Waals surface area contributed by atoms with Crippen LogP contribution >= 0.6 is 11.8 Å². The van der Waals surface area contributed by atoms with E-state index in [0.29, 0.717) is 13.0 Å². The molecule has 0 radical (unpaired) electrons. The van der Waals surface area contributed by atoms with Gasteiger partial charge in [-0.3, -0.25) is 14.2 Å². The van der Waals surface area contributed by atoms with E-state index in [0.717, 1.165) is 29.2 Å². The molecule has 0 aliphatic carbocycles. The molecule has 0 saturated carbocycles. The summed E-state index contributed by atoms with van der Waals surface area (Å²) in [4.78, 5) is 30.1. The predicted octanol–water partition coefficient (Wildman–Crippen LogP) is 2.14. The van der Waals surface area contributed by atoms with Crippen LogP contribution in [0.25, 0.3) is 5.69 Å². The summed E-state index contributed by atoms with van der Waals surface area (Å²) in [6, 6.07) is 7.64. The van der Waals surface area contributed by atoms with Crippen molar-refractivity contribution in [1.29, 1.82) is 0 Å². The lowest BCUT2D eigenvalue weighted by Crippen LogP contribution is -2.51. The second-order valence-corrected chi connectivity index (χ2v) is 7.15. The quantitative estimate of drug-likeness (QED) is 0.830. The highest BCUT2D eigenvalue weighted by molar-refractivity contribution is 7.99. The molecule has 1 saturated heterocycles. The second-order valence-electron chi connectivity index (χ2n) is 6.21. The molecule has 2 amide bonds. The highest BCUT2D eigenvalue weighted by atomic mass is 32.2. The van der Waals surface area contributed by atoms with Gasteiger partial charge in [0.25, 0.3) is 0 Å². The number of aryl methyl sites for hydroxylation is 1. The van der Waals surface area contributed by atoms with E-state index in [1.54, 1.807) is 11.1 Å². The van der Waals surface area contributed by atoms with Crippen LogP contribution in [-0.2, 0) is 9.59 Å². The summed E-state index contributed by atoms with van der Waals surface area (Å²) in [5, 5.41) is 0.756. The van der Waals surface area contributed by atoms with Gasteiger partial charge in [-0.25, -0.2) is 4.98 Å². The number of primary amides is 1. The number of benzene rings is 1. The van der Waals surface area contributed by atoms with Crippen molar-refractivity contribution < 1.29 is 9.59 Å². The number of nitrogens with two attached hydrogens (primary N) is 1. The maximum absolute atomic E-state index is 12.6. The molecule has 1 unspecified atom stereocenters. The Hall–Kier alpha value is -2.28. The molecule has 6 nitrogen and oxygen atoms in total. The van der Waals surface area contributed by atoms with E-state index in [2.05, 4.69) is 11.1 Å². The van der Waals surface area contributed by atoms with Crippen LogP contribution in [0.2, 0.25) is 0 Å². The third kappa shape index (κ3) is 4.04. The number of imidazole rings is 1. The Labute approximate surface area is 151 Å². The molecule has 1 aromatic heterocycles. The summed E-state index contributed by atoms with van der Waals surface area (Å²) in [6.07, 6.45) is 6.11. The molecule has 2 heterocycles. The van der Waals surface area contributed by atoms with E-state index in [-0.39, 0.29) is 11.7 Å². The first-order valence-electron chi connectivity index (χ1n) is 8.38. The number of carbonyl (C=O) groups excluding carboxylic acids is 2. The number of hydrogen-bond acceptors (Lipinski definition) is 4. The number of carbonyl (C=O) groups is 2. The maximum Gasteiger partial charge on any atom is 0.240 e. The fourth-order valence-electron chi connectivity index (χ4n) is 3.11. The zero-order valence-corrected chi connectivity index (χ0v) is 15.0. The van der Waals surface area contributed by atoms with Crippen LogP contribution in [-0.4, -0.2) is 44.6 Å². The minimum absolute atomic E-state index is 0.0627. The summed E-state index contributed by atoms with van der Waals surface area (Å²) in [6.45, 7) is 2.64. The number of aromatic nitrogens is 2. The number of thioether (sulfide) groups is 1. The Morgan fingerprint density at radius 3 is 2.96 bits per heavy atom. The van der Waals surface area contributed by atoms with Crippen LogP contribution in [0.15, 0.2) is 41.8 Å². The number of likely N-dealkylation sites (tertiary alicyclic amines) is 1. The van der Waals surface area contributed by atoms with Crippen LogP contribution in [0, 0.1) is 6.92 Å². The molecule has 1 fully saturated rings. The average Bonchev–Trinajstić information content (AvgIpc) is 3.08. The van der Waals surface area contributed by atoms with Gasteiger partial charge in [0.2, 0.25) is 11.8 Å². The fourth-order valence-corrected chi connectivity index (χ4v) is 3.97. The molecular formula is C18H22N4O2S. The number of rotatable bonds is 5. The van der Waals surface area contributed by atoms with E-state index in [9.17, 15) is 9.59 Å². The van der Waals surface area contributed by atoms with Crippen LogP contribution < -0.4 is 5.73 Å². The predicted molar refractivity (Wildman–Crippen MR) is 97.6 cm³/mol. The van der Waals surface area contributed by atoms with Crippen LogP contribution in [0.3, 0.4) is 0 Å². The SMILES string of the molecule is Cc1cccc(-n2ccnc2SCC(=O)N2CCCCC2C(N)=O)c1. The molecule has 3 rings (SSSR count). The minimum Gasteiger partial charge on any atom is -0.368 e. The van der Waals surface area contributed by atoms with Gasteiger partial charge in [-0.15, -0.1) is 0 Å².